The van der Waals surface area contributed by atoms with Crippen LogP contribution in [0.1, 0.15) is 36.8 Å². The minimum atomic E-state index is 0.548. The number of nitrogens with one attached hydrogen (secondary N) is 2. The molecule has 0 bridgehead atoms. The SMILES string of the molecule is CCCCc1nc(Cl)c(CNCc2cccnc2OC)[nH]1. The van der Waals surface area contributed by atoms with E-state index in [-0.39, 0.29) is 0 Å². The summed E-state index contributed by atoms with van der Waals surface area (Å²) in [6.07, 6.45) is 4.91. The van der Waals surface area contributed by atoms with Crippen LogP contribution in [0.5, 0.6) is 5.88 Å². The van der Waals surface area contributed by atoms with Crippen LogP contribution >= 0.6 is 11.6 Å². The Balaban J connectivity index is 1.89. The third-order valence-corrected chi connectivity index (χ3v) is 3.52. The van der Waals surface area contributed by atoms with Crippen molar-refractivity contribution in [1.82, 2.24) is 20.3 Å². The smallest absolute Gasteiger partial charge is 0.217 e. The predicted octanol–water partition coefficient (Wildman–Crippen LogP) is 3.10. The standard InChI is InChI=1S/C15H21ClN4O/c1-3-4-7-13-19-12(14(16)20-13)10-17-9-11-6-5-8-18-15(11)21-2/h5-6,8,17H,3-4,7,9-10H2,1-2H3,(H,19,20). The first kappa shape index (κ1) is 15.8. The van der Waals surface area contributed by atoms with Crippen LogP contribution in [-0.4, -0.2) is 22.1 Å². The monoisotopic (exact) mass is 308 g/mol. The third-order valence-electron chi connectivity index (χ3n) is 3.20. The highest BCUT2D eigenvalue weighted by molar-refractivity contribution is 6.30. The van der Waals surface area contributed by atoms with Crippen LogP contribution < -0.4 is 10.1 Å². The Morgan fingerprint density at radius 3 is 3.00 bits per heavy atom. The molecule has 0 aliphatic carbocycles. The number of nitrogens with zero attached hydrogens (tertiary/aromatic N) is 2. The zero-order valence-electron chi connectivity index (χ0n) is 12.4. The molecule has 0 saturated carbocycles. The molecular weight excluding hydrogens is 288 g/mol. The molecule has 0 saturated heterocycles. The molecular formula is C15H21ClN4O. The molecule has 0 radical (unpaired) electrons. The topological polar surface area (TPSA) is 62.8 Å². The molecule has 0 fully saturated rings. The molecule has 0 amide bonds. The van der Waals surface area contributed by atoms with E-state index in [2.05, 4.69) is 27.2 Å². The van der Waals surface area contributed by atoms with Crippen molar-refractivity contribution < 1.29 is 4.74 Å². The first-order valence-corrected chi connectivity index (χ1v) is 7.54. The van der Waals surface area contributed by atoms with Crippen molar-refractivity contribution in [3.63, 3.8) is 0 Å². The van der Waals surface area contributed by atoms with E-state index in [9.17, 15) is 0 Å². The maximum Gasteiger partial charge on any atom is 0.217 e. The van der Waals surface area contributed by atoms with Gasteiger partial charge in [-0.2, -0.15) is 0 Å². The molecule has 2 aromatic rings. The summed E-state index contributed by atoms with van der Waals surface area (Å²) in [6, 6.07) is 3.88. The van der Waals surface area contributed by atoms with Crippen LogP contribution in [0.3, 0.4) is 0 Å². The maximum absolute atomic E-state index is 6.14. The zero-order chi connectivity index (χ0) is 15.1. The Bertz CT molecular complexity index is 571. The number of halogens is 1. The fourth-order valence-corrected chi connectivity index (χ4v) is 2.30. The Morgan fingerprint density at radius 1 is 1.38 bits per heavy atom. The van der Waals surface area contributed by atoms with E-state index in [1.807, 2.05) is 12.1 Å². The van der Waals surface area contributed by atoms with Crippen LogP contribution in [0.4, 0.5) is 0 Å². The van der Waals surface area contributed by atoms with E-state index >= 15 is 0 Å². The molecule has 0 unspecified atom stereocenters. The number of hydrogen-bond donors (Lipinski definition) is 2. The number of pyridine rings is 1. The molecule has 2 heterocycles. The van der Waals surface area contributed by atoms with Crippen LogP contribution in [0, 0.1) is 0 Å². The van der Waals surface area contributed by atoms with Gasteiger partial charge in [-0.1, -0.05) is 31.0 Å². The zero-order valence-corrected chi connectivity index (χ0v) is 13.2. The van der Waals surface area contributed by atoms with Gasteiger partial charge in [-0.05, 0) is 12.5 Å². The van der Waals surface area contributed by atoms with Crippen LogP contribution in [0.2, 0.25) is 5.15 Å². The molecule has 0 atom stereocenters. The van der Waals surface area contributed by atoms with Crippen molar-refractivity contribution in [3.05, 3.63) is 40.6 Å². The summed E-state index contributed by atoms with van der Waals surface area (Å²) in [4.78, 5) is 11.8. The first-order valence-electron chi connectivity index (χ1n) is 7.16. The molecule has 21 heavy (non-hydrogen) atoms. The second-order valence-electron chi connectivity index (χ2n) is 4.83. The number of unbranched alkanes of at least 4 members (excludes halogenated alkanes) is 1. The van der Waals surface area contributed by atoms with E-state index in [4.69, 9.17) is 16.3 Å². The van der Waals surface area contributed by atoms with Gasteiger partial charge in [-0.25, -0.2) is 9.97 Å². The molecule has 0 aromatic carbocycles. The lowest BCUT2D eigenvalue weighted by atomic mass is 10.2. The van der Waals surface area contributed by atoms with Gasteiger partial charge in [0.1, 0.15) is 5.82 Å². The Hall–Kier alpha value is -1.59. The molecule has 5 nitrogen and oxygen atoms in total. The van der Waals surface area contributed by atoms with E-state index in [1.54, 1.807) is 13.3 Å². The summed E-state index contributed by atoms with van der Waals surface area (Å²) < 4.78 is 5.22. The van der Waals surface area contributed by atoms with Gasteiger partial charge >= 0.3 is 0 Å². The van der Waals surface area contributed by atoms with E-state index in [1.165, 1.54) is 0 Å². The molecule has 0 spiro atoms. The van der Waals surface area contributed by atoms with Gasteiger partial charge < -0.3 is 15.0 Å². The van der Waals surface area contributed by atoms with E-state index < -0.39 is 0 Å². The van der Waals surface area contributed by atoms with Gasteiger partial charge in [0.05, 0.1) is 12.8 Å². The van der Waals surface area contributed by atoms with Gasteiger partial charge in [-0.3, -0.25) is 0 Å². The fourth-order valence-electron chi connectivity index (χ4n) is 2.08. The molecule has 0 aliphatic heterocycles. The Kier molecular flexibility index (Phi) is 6.02. The van der Waals surface area contributed by atoms with E-state index in [0.717, 1.165) is 36.3 Å². The number of aryl methyl sites for hydroxylation is 1. The maximum atomic E-state index is 6.14. The Morgan fingerprint density at radius 2 is 2.24 bits per heavy atom. The minimum absolute atomic E-state index is 0.548. The molecule has 6 heteroatoms. The summed E-state index contributed by atoms with van der Waals surface area (Å²) in [5.41, 5.74) is 1.94. The van der Waals surface area contributed by atoms with Crippen LogP contribution in [0.15, 0.2) is 18.3 Å². The van der Waals surface area contributed by atoms with Crippen LogP contribution in [0.25, 0.3) is 0 Å². The van der Waals surface area contributed by atoms with Gasteiger partial charge in [0.15, 0.2) is 5.15 Å². The van der Waals surface area contributed by atoms with E-state index in [0.29, 0.717) is 24.1 Å². The lowest BCUT2D eigenvalue weighted by molar-refractivity contribution is 0.390. The largest absolute Gasteiger partial charge is 0.481 e. The third kappa shape index (κ3) is 4.44. The number of rotatable bonds is 8. The fraction of sp³-hybridized carbons (Fsp3) is 0.467. The van der Waals surface area contributed by atoms with Crippen molar-refractivity contribution in [2.24, 2.45) is 0 Å². The number of ether oxygens (including phenoxy) is 1. The number of hydrogen-bond acceptors (Lipinski definition) is 4. The second kappa shape index (κ2) is 8.00. The van der Waals surface area contributed by atoms with Crippen molar-refractivity contribution in [3.8, 4) is 5.88 Å². The average molecular weight is 309 g/mol. The lowest BCUT2D eigenvalue weighted by Crippen LogP contribution is -2.14. The number of aromatic amines is 1. The molecule has 2 N–H and O–H groups in total. The minimum Gasteiger partial charge on any atom is -0.481 e. The number of H-pyrrole nitrogens is 1. The summed E-state index contributed by atoms with van der Waals surface area (Å²) in [5.74, 6) is 1.60. The van der Waals surface area contributed by atoms with Gasteiger partial charge in [0.25, 0.3) is 0 Å². The van der Waals surface area contributed by atoms with Gasteiger partial charge in [0.2, 0.25) is 5.88 Å². The molecule has 2 rings (SSSR count). The van der Waals surface area contributed by atoms with Crippen molar-refractivity contribution in [2.75, 3.05) is 7.11 Å². The lowest BCUT2D eigenvalue weighted by Gasteiger charge is -2.07. The van der Waals surface area contributed by atoms with Gasteiger partial charge in [-0.15, -0.1) is 0 Å². The summed E-state index contributed by atoms with van der Waals surface area (Å²) in [6.45, 7) is 3.46. The highest BCUT2D eigenvalue weighted by Crippen LogP contribution is 2.16. The van der Waals surface area contributed by atoms with Crippen molar-refractivity contribution in [1.29, 1.82) is 0 Å². The highest BCUT2D eigenvalue weighted by atomic mass is 35.5. The number of aromatic nitrogens is 3. The van der Waals surface area contributed by atoms with Crippen LogP contribution in [-0.2, 0) is 19.5 Å². The summed E-state index contributed by atoms with van der Waals surface area (Å²) in [7, 11) is 1.62. The normalized spacial score (nSPS) is 10.8. The molecule has 114 valence electrons. The van der Waals surface area contributed by atoms with Gasteiger partial charge in [0, 0.05) is 31.3 Å². The number of methoxy groups -OCH3 is 1. The quantitative estimate of drug-likeness (QED) is 0.786. The van der Waals surface area contributed by atoms with Crippen molar-refractivity contribution >= 4 is 11.6 Å². The second-order valence-corrected chi connectivity index (χ2v) is 5.19. The predicted molar refractivity (Wildman–Crippen MR) is 83.5 cm³/mol. The Labute approximate surface area is 130 Å². The first-order chi connectivity index (χ1) is 10.2. The highest BCUT2D eigenvalue weighted by Gasteiger charge is 2.08. The average Bonchev–Trinajstić information content (AvgIpc) is 2.86. The number of imidazole rings is 1. The van der Waals surface area contributed by atoms with Crippen molar-refractivity contribution in [2.45, 2.75) is 39.3 Å². The summed E-state index contributed by atoms with van der Waals surface area (Å²) >= 11 is 6.14. The molecule has 2 aromatic heterocycles. The molecule has 0 aliphatic rings. The summed E-state index contributed by atoms with van der Waals surface area (Å²) in [5, 5.41) is 3.88.